The maximum atomic E-state index is 12.9. The van der Waals surface area contributed by atoms with Gasteiger partial charge < -0.3 is 10.5 Å². The molecule has 0 unspecified atom stereocenters. The van der Waals surface area contributed by atoms with Gasteiger partial charge in [0.2, 0.25) is 0 Å². The van der Waals surface area contributed by atoms with Gasteiger partial charge in [-0.1, -0.05) is 29.3 Å². The minimum Gasteiger partial charge on any atom is -0.487 e. The highest BCUT2D eigenvalue weighted by molar-refractivity contribution is 6.32. The van der Waals surface area contributed by atoms with Crippen LogP contribution in [-0.4, -0.2) is 0 Å². The molecule has 0 fully saturated rings. The lowest BCUT2D eigenvalue weighted by Crippen LogP contribution is -1.98. The molecule has 0 radical (unpaired) electrons. The molecule has 0 aliphatic carbocycles. The van der Waals surface area contributed by atoms with Crippen LogP contribution < -0.4 is 10.5 Å². The van der Waals surface area contributed by atoms with E-state index in [1.807, 2.05) is 0 Å². The molecule has 94 valence electrons. The molecule has 0 aromatic heterocycles. The largest absolute Gasteiger partial charge is 0.487 e. The number of anilines is 1. The van der Waals surface area contributed by atoms with Crippen LogP contribution in [0.5, 0.6) is 5.75 Å². The minimum atomic E-state index is -0.384. The average Bonchev–Trinajstić information content (AvgIpc) is 2.32. The van der Waals surface area contributed by atoms with E-state index in [1.54, 1.807) is 24.3 Å². The molecule has 2 aromatic carbocycles. The highest BCUT2D eigenvalue weighted by Gasteiger charge is 2.06. The molecule has 0 aliphatic heterocycles. The molecule has 0 heterocycles. The van der Waals surface area contributed by atoms with Crippen LogP contribution in [0, 0.1) is 5.82 Å². The fourth-order valence-corrected chi connectivity index (χ4v) is 1.82. The van der Waals surface area contributed by atoms with Gasteiger partial charge in [-0.05, 0) is 24.3 Å². The quantitative estimate of drug-likeness (QED) is 0.854. The van der Waals surface area contributed by atoms with E-state index in [4.69, 9.17) is 33.7 Å². The Morgan fingerprint density at radius 1 is 1.06 bits per heavy atom. The van der Waals surface area contributed by atoms with E-state index in [-0.39, 0.29) is 12.4 Å². The molecule has 2 nitrogen and oxygen atoms in total. The van der Waals surface area contributed by atoms with Crippen LogP contribution in [0.15, 0.2) is 36.4 Å². The summed E-state index contributed by atoms with van der Waals surface area (Å²) in [5.41, 5.74) is 6.86. The maximum Gasteiger partial charge on any atom is 0.140 e. The van der Waals surface area contributed by atoms with Gasteiger partial charge in [-0.15, -0.1) is 0 Å². The Balaban J connectivity index is 2.13. The van der Waals surface area contributed by atoms with E-state index in [9.17, 15) is 4.39 Å². The Hall–Kier alpha value is -1.45. The zero-order chi connectivity index (χ0) is 13.1. The monoisotopic (exact) mass is 285 g/mol. The fourth-order valence-electron chi connectivity index (χ4n) is 1.42. The summed E-state index contributed by atoms with van der Waals surface area (Å²) < 4.78 is 18.4. The molecule has 2 rings (SSSR count). The number of hydrogen-bond donors (Lipinski definition) is 1. The van der Waals surface area contributed by atoms with E-state index in [2.05, 4.69) is 0 Å². The lowest BCUT2D eigenvalue weighted by molar-refractivity contribution is 0.306. The van der Waals surface area contributed by atoms with Crippen LogP contribution >= 0.6 is 23.2 Å². The van der Waals surface area contributed by atoms with Crippen molar-refractivity contribution in [1.82, 2.24) is 0 Å². The third-order valence-corrected chi connectivity index (χ3v) is 3.02. The molecule has 0 spiro atoms. The van der Waals surface area contributed by atoms with E-state index in [1.165, 1.54) is 12.1 Å². The van der Waals surface area contributed by atoms with Crippen molar-refractivity contribution < 1.29 is 9.13 Å². The molecule has 0 aliphatic rings. The van der Waals surface area contributed by atoms with E-state index < -0.39 is 0 Å². The Labute approximate surface area is 114 Å². The van der Waals surface area contributed by atoms with E-state index in [0.29, 0.717) is 27.0 Å². The topological polar surface area (TPSA) is 35.2 Å². The number of rotatable bonds is 3. The Kier molecular flexibility index (Phi) is 3.94. The van der Waals surface area contributed by atoms with Gasteiger partial charge in [0, 0.05) is 17.3 Å². The summed E-state index contributed by atoms with van der Waals surface area (Å²) in [7, 11) is 0. The molecule has 2 aromatic rings. The summed E-state index contributed by atoms with van der Waals surface area (Å²) in [4.78, 5) is 0. The molecule has 0 amide bonds. The maximum absolute atomic E-state index is 12.9. The summed E-state index contributed by atoms with van der Waals surface area (Å²) in [5.74, 6) is 0.0859. The molecular formula is C13H10Cl2FNO. The second-order valence-electron chi connectivity index (χ2n) is 3.71. The highest BCUT2D eigenvalue weighted by atomic mass is 35.5. The zero-order valence-corrected chi connectivity index (χ0v) is 10.8. The van der Waals surface area contributed by atoms with Crippen molar-refractivity contribution in [2.75, 3.05) is 5.73 Å². The molecule has 2 N–H and O–H groups in total. The number of nitrogen functional groups attached to an aromatic ring is 1. The predicted octanol–water partition coefficient (Wildman–Crippen LogP) is 4.29. The molecule has 5 heteroatoms. The summed E-state index contributed by atoms with van der Waals surface area (Å²) in [6, 6.07) is 9.09. The van der Waals surface area contributed by atoms with Crippen LogP contribution in [0.2, 0.25) is 10.0 Å². The zero-order valence-electron chi connectivity index (χ0n) is 9.29. The van der Waals surface area contributed by atoms with Gasteiger partial charge in [-0.3, -0.25) is 0 Å². The number of hydrogen-bond acceptors (Lipinski definition) is 2. The number of nitrogens with two attached hydrogens (primary N) is 1. The normalized spacial score (nSPS) is 10.4. The van der Waals surface area contributed by atoms with Gasteiger partial charge in [0.1, 0.15) is 18.2 Å². The third-order valence-electron chi connectivity index (χ3n) is 2.35. The third kappa shape index (κ3) is 3.06. The van der Waals surface area contributed by atoms with Gasteiger partial charge in [-0.2, -0.15) is 0 Å². The lowest BCUT2D eigenvalue weighted by Gasteiger charge is -2.10. The lowest BCUT2D eigenvalue weighted by atomic mass is 10.2. The van der Waals surface area contributed by atoms with Crippen molar-refractivity contribution in [3.05, 3.63) is 57.8 Å². The molecule has 0 atom stereocenters. The van der Waals surface area contributed by atoms with Crippen molar-refractivity contribution >= 4 is 28.9 Å². The molecular weight excluding hydrogens is 276 g/mol. The van der Waals surface area contributed by atoms with Crippen molar-refractivity contribution in [1.29, 1.82) is 0 Å². The SMILES string of the molecule is Nc1ccc(Cl)c(OCc2ccc(F)cc2Cl)c1. The summed E-state index contributed by atoms with van der Waals surface area (Å²) in [6.07, 6.45) is 0. The second kappa shape index (κ2) is 5.46. The summed E-state index contributed by atoms with van der Waals surface area (Å²) >= 11 is 11.8. The van der Waals surface area contributed by atoms with Crippen molar-refractivity contribution in [2.45, 2.75) is 6.61 Å². The van der Waals surface area contributed by atoms with E-state index >= 15 is 0 Å². The Morgan fingerprint density at radius 3 is 2.56 bits per heavy atom. The van der Waals surface area contributed by atoms with Crippen LogP contribution in [0.4, 0.5) is 10.1 Å². The van der Waals surface area contributed by atoms with Crippen LogP contribution in [0.1, 0.15) is 5.56 Å². The second-order valence-corrected chi connectivity index (χ2v) is 4.53. The van der Waals surface area contributed by atoms with Crippen LogP contribution in [0.25, 0.3) is 0 Å². The molecule has 0 bridgehead atoms. The van der Waals surface area contributed by atoms with Crippen molar-refractivity contribution in [3.63, 3.8) is 0 Å². The molecule has 0 saturated heterocycles. The fraction of sp³-hybridized carbons (Fsp3) is 0.0769. The summed E-state index contributed by atoms with van der Waals surface area (Å²) in [6.45, 7) is 0.197. The number of ether oxygens (including phenoxy) is 1. The van der Waals surface area contributed by atoms with Crippen LogP contribution in [0.3, 0.4) is 0 Å². The van der Waals surface area contributed by atoms with Gasteiger partial charge in [0.15, 0.2) is 0 Å². The van der Waals surface area contributed by atoms with Gasteiger partial charge in [0.25, 0.3) is 0 Å². The van der Waals surface area contributed by atoms with Crippen LogP contribution in [-0.2, 0) is 6.61 Å². The number of halogens is 3. The minimum absolute atomic E-state index is 0.197. The van der Waals surface area contributed by atoms with Gasteiger partial charge in [-0.25, -0.2) is 4.39 Å². The first kappa shape index (κ1) is 13.0. The average molecular weight is 286 g/mol. The van der Waals surface area contributed by atoms with Crippen molar-refractivity contribution in [3.8, 4) is 5.75 Å². The predicted molar refractivity (Wildman–Crippen MR) is 71.6 cm³/mol. The first-order chi connectivity index (χ1) is 8.56. The van der Waals surface area contributed by atoms with Gasteiger partial charge >= 0.3 is 0 Å². The Bertz CT molecular complexity index is 575. The van der Waals surface area contributed by atoms with E-state index in [0.717, 1.165) is 0 Å². The summed E-state index contributed by atoms with van der Waals surface area (Å²) in [5, 5.41) is 0.775. The standard InChI is InChI=1S/C13H10Cl2FNO/c14-11-4-3-10(17)6-13(11)18-7-8-1-2-9(16)5-12(8)15/h1-6H,7,17H2. The molecule has 0 saturated carbocycles. The Morgan fingerprint density at radius 2 is 1.83 bits per heavy atom. The first-order valence-corrected chi connectivity index (χ1v) is 5.93. The van der Waals surface area contributed by atoms with Crippen molar-refractivity contribution in [2.24, 2.45) is 0 Å². The first-order valence-electron chi connectivity index (χ1n) is 5.18. The smallest absolute Gasteiger partial charge is 0.140 e. The van der Waals surface area contributed by atoms with Gasteiger partial charge in [0.05, 0.1) is 10.0 Å². The highest BCUT2D eigenvalue weighted by Crippen LogP contribution is 2.28. The molecule has 18 heavy (non-hydrogen) atoms. The number of benzene rings is 2.